The number of allylic oxidation sites excluding steroid dienone is 2. The third kappa shape index (κ3) is 2.19. The summed E-state index contributed by atoms with van der Waals surface area (Å²) < 4.78 is 0. The fourth-order valence-corrected chi connectivity index (χ4v) is 3.11. The summed E-state index contributed by atoms with van der Waals surface area (Å²) in [6, 6.07) is 10.7. The lowest BCUT2D eigenvalue weighted by molar-refractivity contribution is 0.383. The molecule has 0 fully saturated rings. The molecule has 1 nitrogen and oxygen atoms in total. The zero-order chi connectivity index (χ0) is 13.4. The zero-order valence-corrected chi connectivity index (χ0v) is 12.1. The number of hydrogen-bond donors (Lipinski definition) is 1. The number of rotatable bonds is 1. The third-order valence-corrected chi connectivity index (χ3v) is 4.34. The average Bonchev–Trinajstić information content (AvgIpc) is 2.32. The van der Waals surface area contributed by atoms with Crippen LogP contribution in [0.5, 0.6) is 0 Å². The predicted octanol–water partition coefficient (Wildman–Crippen LogP) is 4.39. The number of benzene rings is 1. The molecule has 0 amide bonds. The molecule has 0 saturated carbocycles. The van der Waals surface area contributed by atoms with E-state index in [2.05, 4.69) is 58.0 Å². The van der Waals surface area contributed by atoms with Crippen molar-refractivity contribution in [2.24, 2.45) is 11.1 Å². The highest BCUT2D eigenvalue weighted by molar-refractivity contribution is 5.39. The second-order valence-corrected chi connectivity index (χ2v) is 6.69. The lowest BCUT2D eigenvalue weighted by atomic mass is 9.66. The van der Waals surface area contributed by atoms with Crippen LogP contribution in [0, 0.1) is 5.41 Å². The van der Waals surface area contributed by atoms with E-state index in [1.807, 2.05) is 0 Å². The van der Waals surface area contributed by atoms with Crippen molar-refractivity contribution in [1.82, 2.24) is 0 Å². The molecule has 1 aromatic carbocycles. The van der Waals surface area contributed by atoms with E-state index in [1.165, 1.54) is 17.6 Å². The molecule has 0 aromatic heterocycles. The summed E-state index contributed by atoms with van der Waals surface area (Å²) in [6.07, 6.45) is 3.54. The summed E-state index contributed by atoms with van der Waals surface area (Å²) in [7, 11) is 0. The highest BCUT2D eigenvalue weighted by Crippen LogP contribution is 2.45. The third-order valence-electron chi connectivity index (χ3n) is 4.34. The topological polar surface area (TPSA) is 26.0 Å². The summed E-state index contributed by atoms with van der Waals surface area (Å²) in [5, 5.41) is 0. The molecule has 1 aliphatic rings. The van der Waals surface area contributed by atoms with Gasteiger partial charge in [-0.3, -0.25) is 0 Å². The van der Waals surface area contributed by atoms with Gasteiger partial charge in [0.25, 0.3) is 0 Å². The maximum absolute atomic E-state index is 6.56. The van der Waals surface area contributed by atoms with Gasteiger partial charge in [-0.15, -0.1) is 0 Å². The summed E-state index contributed by atoms with van der Waals surface area (Å²) in [6.45, 7) is 9.10. The van der Waals surface area contributed by atoms with Crippen molar-refractivity contribution in [1.29, 1.82) is 0 Å². The van der Waals surface area contributed by atoms with Gasteiger partial charge in [0, 0.05) is 11.1 Å². The lowest BCUT2D eigenvalue weighted by Gasteiger charge is -2.40. The maximum atomic E-state index is 6.56. The highest BCUT2D eigenvalue weighted by atomic mass is 14.7. The number of hydrogen-bond acceptors (Lipinski definition) is 1. The van der Waals surface area contributed by atoms with Gasteiger partial charge in [0.2, 0.25) is 0 Å². The van der Waals surface area contributed by atoms with Crippen LogP contribution in [0.25, 0.3) is 0 Å². The zero-order valence-electron chi connectivity index (χ0n) is 12.1. The minimum absolute atomic E-state index is 0.0160. The average molecular weight is 243 g/mol. The monoisotopic (exact) mass is 243 g/mol. The van der Waals surface area contributed by atoms with Gasteiger partial charge in [0.15, 0.2) is 0 Å². The first-order chi connectivity index (χ1) is 8.36. The van der Waals surface area contributed by atoms with Crippen LogP contribution >= 0.6 is 0 Å². The normalized spacial score (nSPS) is 25.3. The van der Waals surface area contributed by atoms with E-state index in [1.54, 1.807) is 0 Å². The molecule has 0 spiro atoms. The minimum atomic E-state index is 0.0160. The fraction of sp³-hybridized carbons (Fsp3) is 0.529. The van der Waals surface area contributed by atoms with Crippen LogP contribution in [-0.4, -0.2) is 0 Å². The fourth-order valence-electron chi connectivity index (χ4n) is 3.11. The lowest BCUT2D eigenvalue weighted by Crippen LogP contribution is -2.36. The molecule has 0 bridgehead atoms. The quantitative estimate of drug-likeness (QED) is 0.778. The largest absolute Gasteiger partial charge is 0.401 e. The smallest absolute Gasteiger partial charge is 0.0319 e. The Balaban J connectivity index is 2.52. The molecule has 1 unspecified atom stereocenters. The minimum Gasteiger partial charge on any atom is -0.401 e. The van der Waals surface area contributed by atoms with Crippen LogP contribution < -0.4 is 5.73 Å². The molecule has 0 heterocycles. The Morgan fingerprint density at radius 1 is 1.11 bits per heavy atom. The van der Waals surface area contributed by atoms with Gasteiger partial charge >= 0.3 is 0 Å². The summed E-state index contributed by atoms with van der Waals surface area (Å²) >= 11 is 0. The molecule has 98 valence electrons. The Kier molecular flexibility index (Phi) is 3.27. The van der Waals surface area contributed by atoms with Crippen LogP contribution in [-0.2, 0) is 5.41 Å². The first kappa shape index (κ1) is 13.2. The van der Waals surface area contributed by atoms with Gasteiger partial charge in [-0.2, -0.15) is 0 Å². The van der Waals surface area contributed by atoms with Crippen molar-refractivity contribution in [3.05, 3.63) is 47.2 Å². The van der Waals surface area contributed by atoms with E-state index >= 15 is 0 Å². The Bertz CT molecular complexity index is 450. The molecule has 2 rings (SSSR count). The van der Waals surface area contributed by atoms with E-state index in [0.717, 1.165) is 18.5 Å². The Morgan fingerprint density at radius 3 is 2.28 bits per heavy atom. The first-order valence-electron chi connectivity index (χ1n) is 6.91. The Hall–Kier alpha value is -1.24. The standard InChI is InChI=1S/C17H25N/c1-16(2,3)14-11-8-12-17(4,15(14)18)13-9-6-5-7-10-13/h5-7,9-10H,8,11-12,18H2,1-4H3. The summed E-state index contributed by atoms with van der Waals surface area (Å²) in [4.78, 5) is 0. The van der Waals surface area contributed by atoms with E-state index in [-0.39, 0.29) is 10.8 Å². The maximum Gasteiger partial charge on any atom is 0.0319 e. The molecule has 1 aliphatic carbocycles. The second-order valence-electron chi connectivity index (χ2n) is 6.69. The van der Waals surface area contributed by atoms with Crippen molar-refractivity contribution in [3.8, 4) is 0 Å². The van der Waals surface area contributed by atoms with Crippen LogP contribution in [0.4, 0.5) is 0 Å². The molecular formula is C17H25N. The molecule has 1 aromatic rings. The predicted molar refractivity (Wildman–Crippen MR) is 78.3 cm³/mol. The van der Waals surface area contributed by atoms with Crippen molar-refractivity contribution in [2.75, 3.05) is 0 Å². The first-order valence-corrected chi connectivity index (χ1v) is 6.91. The van der Waals surface area contributed by atoms with E-state index < -0.39 is 0 Å². The van der Waals surface area contributed by atoms with Gasteiger partial charge in [0.1, 0.15) is 0 Å². The van der Waals surface area contributed by atoms with Crippen LogP contribution in [0.2, 0.25) is 0 Å². The molecule has 0 aliphatic heterocycles. The molecule has 0 radical (unpaired) electrons. The molecular weight excluding hydrogens is 218 g/mol. The van der Waals surface area contributed by atoms with E-state index in [9.17, 15) is 0 Å². The molecule has 18 heavy (non-hydrogen) atoms. The Labute approximate surface area is 111 Å². The SMILES string of the molecule is CC(C)(C)C1=C(N)C(C)(c2ccccc2)CCC1. The van der Waals surface area contributed by atoms with E-state index in [0.29, 0.717) is 0 Å². The van der Waals surface area contributed by atoms with Gasteiger partial charge in [-0.1, -0.05) is 51.1 Å². The number of nitrogens with two attached hydrogens (primary N) is 1. The van der Waals surface area contributed by atoms with Gasteiger partial charge < -0.3 is 5.73 Å². The van der Waals surface area contributed by atoms with Gasteiger partial charge in [0.05, 0.1) is 0 Å². The van der Waals surface area contributed by atoms with Crippen LogP contribution in [0.15, 0.2) is 41.6 Å². The van der Waals surface area contributed by atoms with Crippen molar-refractivity contribution >= 4 is 0 Å². The van der Waals surface area contributed by atoms with Gasteiger partial charge in [-0.05, 0) is 42.7 Å². The molecule has 1 heteroatoms. The van der Waals surface area contributed by atoms with Gasteiger partial charge in [-0.25, -0.2) is 0 Å². The summed E-state index contributed by atoms with van der Waals surface area (Å²) in [5.41, 5.74) is 10.7. The molecule has 1 atom stereocenters. The Morgan fingerprint density at radius 2 is 1.72 bits per heavy atom. The van der Waals surface area contributed by atoms with Crippen LogP contribution in [0.3, 0.4) is 0 Å². The van der Waals surface area contributed by atoms with Crippen molar-refractivity contribution in [2.45, 2.75) is 52.4 Å². The van der Waals surface area contributed by atoms with E-state index in [4.69, 9.17) is 5.73 Å². The summed E-state index contributed by atoms with van der Waals surface area (Å²) in [5.74, 6) is 0. The van der Waals surface area contributed by atoms with Crippen molar-refractivity contribution in [3.63, 3.8) is 0 Å². The van der Waals surface area contributed by atoms with Crippen molar-refractivity contribution < 1.29 is 0 Å². The highest BCUT2D eigenvalue weighted by Gasteiger charge is 2.37. The molecule has 0 saturated heterocycles. The molecule has 2 N–H and O–H groups in total. The second kappa shape index (κ2) is 4.46. The van der Waals surface area contributed by atoms with Crippen LogP contribution in [0.1, 0.15) is 52.5 Å².